The standard InChI is InChI=1S/C18H26N2O3/c1-5-9-19-10-18(17(22)23)11-20(16(21)14(18)4)15-12(2)7-6-8-13(15)3/h6-8,14,19H,5,9-11H2,1-4H3,(H,22,23). The molecule has 1 fully saturated rings. The van der Waals surface area contributed by atoms with Crippen molar-refractivity contribution in [1.29, 1.82) is 0 Å². The van der Waals surface area contributed by atoms with Crippen molar-refractivity contribution in [2.75, 3.05) is 24.5 Å². The number of anilines is 1. The van der Waals surface area contributed by atoms with Crippen LogP contribution in [0.5, 0.6) is 0 Å². The molecule has 0 bridgehead atoms. The van der Waals surface area contributed by atoms with Gasteiger partial charge in [0.15, 0.2) is 0 Å². The highest BCUT2D eigenvalue weighted by Gasteiger charge is 2.55. The highest BCUT2D eigenvalue weighted by molar-refractivity contribution is 6.03. The number of carboxylic acids is 1. The molecule has 2 rings (SSSR count). The van der Waals surface area contributed by atoms with E-state index >= 15 is 0 Å². The summed E-state index contributed by atoms with van der Waals surface area (Å²) < 4.78 is 0. The molecule has 1 heterocycles. The second kappa shape index (κ2) is 6.71. The van der Waals surface area contributed by atoms with Gasteiger partial charge >= 0.3 is 5.97 Å². The van der Waals surface area contributed by atoms with Gasteiger partial charge in [0.2, 0.25) is 5.91 Å². The van der Waals surface area contributed by atoms with Crippen molar-refractivity contribution in [3.05, 3.63) is 29.3 Å². The normalized spacial score (nSPS) is 24.3. The van der Waals surface area contributed by atoms with Crippen LogP contribution in [0, 0.1) is 25.2 Å². The van der Waals surface area contributed by atoms with Crippen LogP contribution in [0.2, 0.25) is 0 Å². The maximum absolute atomic E-state index is 12.8. The monoisotopic (exact) mass is 318 g/mol. The fourth-order valence-corrected chi connectivity index (χ4v) is 3.41. The Labute approximate surface area is 137 Å². The van der Waals surface area contributed by atoms with Crippen LogP contribution < -0.4 is 10.2 Å². The maximum atomic E-state index is 12.8. The summed E-state index contributed by atoms with van der Waals surface area (Å²) in [6.07, 6.45) is 0.929. The number of hydrogen-bond acceptors (Lipinski definition) is 3. The average molecular weight is 318 g/mol. The molecule has 5 heteroatoms. The van der Waals surface area contributed by atoms with Gasteiger partial charge in [-0.05, 0) is 37.9 Å². The van der Waals surface area contributed by atoms with Crippen molar-refractivity contribution in [3.63, 3.8) is 0 Å². The fourth-order valence-electron chi connectivity index (χ4n) is 3.41. The number of benzene rings is 1. The molecular formula is C18H26N2O3. The summed E-state index contributed by atoms with van der Waals surface area (Å²) in [5.74, 6) is -1.57. The summed E-state index contributed by atoms with van der Waals surface area (Å²) >= 11 is 0. The number of hydrogen-bond donors (Lipinski definition) is 2. The Kier molecular flexibility index (Phi) is 5.09. The van der Waals surface area contributed by atoms with E-state index in [9.17, 15) is 14.7 Å². The third-order valence-corrected chi connectivity index (χ3v) is 4.91. The van der Waals surface area contributed by atoms with Crippen molar-refractivity contribution >= 4 is 17.6 Å². The largest absolute Gasteiger partial charge is 0.481 e. The van der Waals surface area contributed by atoms with Crippen molar-refractivity contribution in [3.8, 4) is 0 Å². The van der Waals surface area contributed by atoms with Crippen LogP contribution in [0.4, 0.5) is 5.69 Å². The first kappa shape index (κ1) is 17.5. The molecule has 23 heavy (non-hydrogen) atoms. The lowest BCUT2D eigenvalue weighted by Gasteiger charge is -2.28. The predicted molar refractivity (Wildman–Crippen MR) is 90.7 cm³/mol. The topological polar surface area (TPSA) is 69.6 Å². The quantitative estimate of drug-likeness (QED) is 0.790. The zero-order valence-corrected chi connectivity index (χ0v) is 14.3. The molecule has 0 aliphatic carbocycles. The van der Waals surface area contributed by atoms with E-state index in [4.69, 9.17) is 0 Å². The van der Waals surface area contributed by atoms with E-state index in [1.165, 1.54) is 0 Å². The molecule has 0 saturated carbocycles. The van der Waals surface area contributed by atoms with Gasteiger partial charge in [0.1, 0.15) is 5.41 Å². The lowest BCUT2D eigenvalue weighted by molar-refractivity contribution is -0.151. The van der Waals surface area contributed by atoms with Crippen LogP contribution in [-0.2, 0) is 9.59 Å². The number of carboxylic acid groups (broad SMARTS) is 1. The number of rotatable bonds is 6. The Bertz CT molecular complexity index is 594. The highest BCUT2D eigenvalue weighted by Crippen LogP contribution is 2.41. The number of carbonyl (C=O) groups is 2. The minimum atomic E-state index is -1.08. The van der Waals surface area contributed by atoms with Crippen molar-refractivity contribution in [2.45, 2.75) is 34.1 Å². The summed E-state index contributed by atoms with van der Waals surface area (Å²) in [6, 6.07) is 5.86. The summed E-state index contributed by atoms with van der Waals surface area (Å²) in [5.41, 5.74) is 1.76. The van der Waals surface area contributed by atoms with Crippen LogP contribution in [0.15, 0.2) is 18.2 Å². The Morgan fingerprint density at radius 2 is 2.00 bits per heavy atom. The van der Waals surface area contributed by atoms with Gasteiger partial charge in [-0.15, -0.1) is 0 Å². The Morgan fingerprint density at radius 1 is 1.39 bits per heavy atom. The minimum Gasteiger partial charge on any atom is -0.481 e. The number of aryl methyl sites for hydroxylation is 2. The van der Waals surface area contributed by atoms with Crippen LogP contribution >= 0.6 is 0 Å². The third-order valence-electron chi connectivity index (χ3n) is 4.91. The van der Waals surface area contributed by atoms with Crippen molar-refractivity contribution < 1.29 is 14.7 Å². The first-order chi connectivity index (χ1) is 10.8. The van der Waals surface area contributed by atoms with Gasteiger partial charge in [0.25, 0.3) is 0 Å². The molecule has 0 radical (unpaired) electrons. The van der Waals surface area contributed by atoms with Crippen LogP contribution in [-0.4, -0.2) is 36.6 Å². The SMILES string of the molecule is CCCNCC1(C(=O)O)CN(c2c(C)cccc2C)C(=O)C1C. The number of nitrogens with one attached hydrogen (secondary N) is 1. The molecule has 0 spiro atoms. The average Bonchev–Trinajstić information content (AvgIpc) is 2.74. The molecule has 2 N–H and O–H groups in total. The number of aliphatic carboxylic acids is 1. The van der Waals surface area contributed by atoms with Crippen molar-refractivity contribution in [1.82, 2.24) is 5.32 Å². The Balaban J connectivity index is 2.39. The number of nitrogens with zero attached hydrogens (tertiary/aromatic N) is 1. The molecule has 1 aromatic carbocycles. The van der Waals surface area contributed by atoms with E-state index in [1.807, 2.05) is 39.0 Å². The minimum absolute atomic E-state index is 0.108. The smallest absolute Gasteiger partial charge is 0.313 e. The lowest BCUT2D eigenvalue weighted by atomic mass is 9.78. The number of amides is 1. The first-order valence-corrected chi connectivity index (χ1v) is 8.17. The van der Waals surface area contributed by atoms with Gasteiger partial charge in [-0.25, -0.2) is 0 Å². The molecule has 1 aliphatic rings. The van der Waals surface area contributed by atoms with Crippen molar-refractivity contribution in [2.24, 2.45) is 11.3 Å². The highest BCUT2D eigenvalue weighted by atomic mass is 16.4. The molecular weight excluding hydrogens is 292 g/mol. The summed E-state index contributed by atoms with van der Waals surface area (Å²) in [4.78, 5) is 26.5. The molecule has 1 aliphatic heterocycles. The van der Waals surface area contributed by atoms with E-state index < -0.39 is 17.3 Å². The van der Waals surface area contributed by atoms with E-state index in [1.54, 1.807) is 11.8 Å². The molecule has 2 atom stereocenters. The zero-order valence-electron chi connectivity index (χ0n) is 14.3. The summed E-state index contributed by atoms with van der Waals surface area (Å²) in [6.45, 7) is 8.95. The zero-order chi connectivity index (χ0) is 17.2. The Morgan fingerprint density at radius 3 is 2.52 bits per heavy atom. The van der Waals surface area contributed by atoms with Gasteiger partial charge in [-0.3, -0.25) is 9.59 Å². The van der Waals surface area contributed by atoms with E-state index in [-0.39, 0.29) is 12.5 Å². The fraction of sp³-hybridized carbons (Fsp3) is 0.556. The van der Waals surface area contributed by atoms with Gasteiger partial charge in [0, 0.05) is 18.8 Å². The summed E-state index contributed by atoms with van der Waals surface area (Å²) in [5, 5.41) is 13.0. The number of para-hydroxylation sites is 1. The van der Waals surface area contributed by atoms with Gasteiger partial charge in [-0.2, -0.15) is 0 Å². The Hall–Kier alpha value is -1.88. The summed E-state index contributed by atoms with van der Waals surface area (Å²) in [7, 11) is 0. The lowest BCUT2D eigenvalue weighted by Crippen LogP contribution is -2.47. The first-order valence-electron chi connectivity index (χ1n) is 8.17. The van der Waals surface area contributed by atoms with Gasteiger partial charge in [-0.1, -0.05) is 32.0 Å². The van der Waals surface area contributed by atoms with Crippen LogP contribution in [0.1, 0.15) is 31.4 Å². The van der Waals surface area contributed by atoms with Crippen LogP contribution in [0.3, 0.4) is 0 Å². The molecule has 126 valence electrons. The molecule has 1 aromatic rings. The molecule has 2 unspecified atom stereocenters. The number of carbonyl (C=O) groups excluding carboxylic acids is 1. The molecule has 0 aromatic heterocycles. The van der Waals surface area contributed by atoms with E-state index in [0.29, 0.717) is 6.54 Å². The second-order valence-electron chi connectivity index (χ2n) is 6.52. The molecule has 5 nitrogen and oxygen atoms in total. The molecule has 1 saturated heterocycles. The van der Waals surface area contributed by atoms with E-state index in [2.05, 4.69) is 5.32 Å². The molecule has 1 amide bonds. The van der Waals surface area contributed by atoms with Crippen LogP contribution in [0.25, 0.3) is 0 Å². The third kappa shape index (κ3) is 2.98. The van der Waals surface area contributed by atoms with Gasteiger partial charge < -0.3 is 15.3 Å². The van der Waals surface area contributed by atoms with Gasteiger partial charge in [0.05, 0.1) is 5.92 Å². The second-order valence-corrected chi connectivity index (χ2v) is 6.52. The maximum Gasteiger partial charge on any atom is 0.313 e. The van der Waals surface area contributed by atoms with E-state index in [0.717, 1.165) is 29.8 Å². The predicted octanol–water partition coefficient (Wildman–Crippen LogP) is 2.36.